The molecule has 0 saturated heterocycles. The van der Waals surface area contributed by atoms with Crippen LogP contribution in [0.4, 0.5) is 5.88 Å². The van der Waals surface area contributed by atoms with Gasteiger partial charge in [-0.2, -0.15) is 0 Å². The molecule has 1 N–H and O–H groups in total. The van der Waals surface area contributed by atoms with E-state index < -0.39 is 0 Å². The Labute approximate surface area is 146 Å². The fourth-order valence-electron chi connectivity index (χ4n) is 3.25. The molecular weight excluding hydrogens is 316 g/mol. The first-order valence-corrected chi connectivity index (χ1v) is 8.47. The number of fused-ring (bicyclic) bond motifs is 3. The first kappa shape index (κ1) is 15.6. The van der Waals surface area contributed by atoms with Crippen molar-refractivity contribution in [2.45, 2.75) is 19.8 Å². The number of furan rings is 1. The Morgan fingerprint density at radius 1 is 1.36 bits per heavy atom. The lowest BCUT2D eigenvalue weighted by molar-refractivity contribution is 0.0950. The van der Waals surface area contributed by atoms with Crippen molar-refractivity contribution in [2.24, 2.45) is 9.98 Å². The molecule has 1 aromatic carbocycles. The van der Waals surface area contributed by atoms with E-state index in [-0.39, 0.29) is 11.8 Å². The number of aliphatic imine (C=N–C) groups is 2. The Hall–Kier alpha value is -2.89. The molecule has 0 radical (unpaired) electrons. The van der Waals surface area contributed by atoms with Crippen molar-refractivity contribution < 1.29 is 9.21 Å². The van der Waals surface area contributed by atoms with E-state index in [1.54, 1.807) is 13.3 Å². The van der Waals surface area contributed by atoms with Gasteiger partial charge in [-0.25, -0.2) is 4.99 Å². The van der Waals surface area contributed by atoms with Crippen molar-refractivity contribution in [1.82, 2.24) is 10.2 Å². The Kier molecular flexibility index (Phi) is 3.87. The van der Waals surface area contributed by atoms with E-state index in [2.05, 4.69) is 34.4 Å². The molecule has 2 aliphatic heterocycles. The zero-order valence-corrected chi connectivity index (χ0v) is 14.3. The predicted octanol–water partition coefficient (Wildman–Crippen LogP) is 2.86. The molecule has 6 nitrogen and oxygen atoms in total. The Balaban J connectivity index is 1.56. The molecule has 25 heavy (non-hydrogen) atoms. The number of hydrogen-bond acceptors (Lipinski definition) is 5. The van der Waals surface area contributed by atoms with E-state index in [4.69, 9.17) is 4.42 Å². The van der Waals surface area contributed by atoms with Crippen LogP contribution in [0.2, 0.25) is 0 Å². The van der Waals surface area contributed by atoms with Gasteiger partial charge in [0.25, 0.3) is 5.91 Å². The van der Waals surface area contributed by atoms with Crippen LogP contribution >= 0.6 is 0 Å². The van der Waals surface area contributed by atoms with Gasteiger partial charge >= 0.3 is 0 Å². The molecule has 6 heteroatoms. The summed E-state index contributed by atoms with van der Waals surface area (Å²) in [6.45, 7) is 5.94. The van der Waals surface area contributed by atoms with Gasteiger partial charge in [0.1, 0.15) is 17.9 Å². The molecule has 0 aliphatic carbocycles. The molecule has 0 bridgehead atoms. The highest BCUT2D eigenvalue weighted by atomic mass is 16.4. The van der Waals surface area contributed by atoms with E-state index in [0.717, 1.165) is 12.4 Å². The van der Waals surface area contributed by atoms with Gasteiger partial charge in [0, 0.05) is 13.1 Å². The van der Waals surface area contributed by atoms with Gasteiger partial charge in [-0.3, -0.25) is 9.79 Å². The first-order chi connectivity index (χ1) is 12.1. The fraction of sp³-hybridized carbons (Fsp3) is 0.316. The van der Waals surface area contributed by atoms with E-state index in [0.29, 0.717) is 35.9 Å². The molecule has 1 atom stereocenters. The molecule has 0 unspecified atom stereocenters. The second-order valence-electron chi connectivity index (χ2n) is 6.38. The summed E-state index contributed by atoms with van der Waals surface area (Å²) in [6, 6.07) is 10.2. The van der Waals surface area contributed by atoms with Crippen LogP contribution < -0.4 is 5.32 Å². The van der Waals surface area contributed by atoms with Crippen LogP contribution in [0.15, 0.2) is 44.7 Å². The Bertz CT molecular complexity index is 867. The molecule has 0 fully saturated rings. The fourth-order valence-corrected chi connectivity index (χ4v) is 3.25. The molecule has 1 amide bonds. The summed E-state index contributed by atoms with van der Waals surface area (Å²) < 4.78 is 5.69. The minimum atomic E-state index is -0.142. The van der Waals surface area contributed by atoms with Crippen LogP contribution in [0, 0.1) is 6.92 Å². The summed E-state index contributed by atoms with van der Waals surface area (Å²) >= 11 is 0. The van der Waals surface area contributed by atoms with E-state index in [1.807, 2.05) is 23.1 Å². The third-order valence-corrected chi connectivity index (χ3v) is 4.64. The quantitative estimate of drug-likeness (QED) is 0.933. The van der Waals surface area contributed by atoms with Gasteiger partial charge in [0.15, 0.2) is 0 Å². The topological polar surface area (TPSA) is 70.2 Å². The molecular formula is C19H20N4O2. The Morgan fingerprint density at radius 3 is 2.96 bits per heavy atom. The molecule has 0 spiro atoms. The third-order valence-electron chi connectivity index (χ3n) is 4.64. The van der Waals surface area contributed by atoms with E-state index in [9.17, 15) is 4.79 Å². The van der Waals surface area contributed by atoms with Gasteiger partial charge in [-0.05, 0) is 18.4 Å². The summed E-state index contributed by atoms with van der Waals surface area (Å²) in [6.07, 6.45) is 1.72. The van der Waals surface area contributed by atoms with Crippen LogP contribution in [0.1, 0.15) is 40.1 Å². The lowest BCUT2D eigenvalue weighted by atomic mass is 10.0. The number of amides is 1. The smallest absolute Gasteiger partial charge is 0.255 e. The van der Waals surface area contributed by atoms with E-state index in [1.165, 1.54) is 5.56 Å². The standard InChI is InChI=1S/C19H20N4O2/c1-12(14-6-4-3-5-7-14)10-21-18(24)15-13(2)25-19-16(15)17-20-8-9-23(17)11-22-19/h3-7,11-12H,8-10H2,1-2H3,(H,21,24)/t12-/m0/s1. The number of carbonyl (C=O) groups is 1. The van der Waals surface area contributed by atoms with Crippen LogP contribution in [0.3, 0.4) is 0 Å². The summed E-state index contributed by atoms with van der Waals surface area (Å²) in [5, 5.41) is 3.03. The molecule has 2 aromatic rings. The molecule has 1 aromatic heterocycles. The summed E-state index contributed by atoms with van der Waals surface area (Å²) in [5.74, 6) is 1.91. The van der Waals surface area contributed by atoms with Crippen LogP contribution in [0.5, 0.6) is 0 Å². The maximum atomic E-state index is 12.8. The SMILES string of the molecule is Cc1oc2c(c1C(=O)NC[C@H](C)c1ccccc1)C1=NCCN1C=N2. The number of hydrogen-bond donors (Lipinski definition) is 1. The highest BCUT2D eigenvalue weighted by Crippen LogP contribution is 2.34. The maximum absolute atomic E-state index is 12.8. The number of amidine groups is 1. The molecule has 3 heterocycles. The van der Waals surface area contributed by atoms with Crippen molar-refractivity contribution in [3.05, 3.63) is 52.8 Å². The number of rotatable bonds is 4. The third kappa shape index (κ3) is 2.73. The zero-order chi connectivity index (χ0) is 17.4. The summed E-state index contributed by atoms with van der Waals surface area (Å²) in [5.41, 5.74) is 2.45. The van der Waals surface area contributed by atoms with Crippen LogP contribution in [-0.2, 0) is 0 Å². The Morgan fingerprint density at radius 2 is 2.16 bits per heavy atom. The van der Waals surface area contributed by atoms with Gasteiger partial charge in [-0.1, -0.05) is 37.3 Å². The van der Waals surface area contributed by atoms with Crippen molar-refractivity contribution in [1.29, 1.82) is 0 Å². The number of nitrogens with zero attached hydrogens (tertiary/aromatic N) is 3. The van der Waals surface area contributed by atoms with Crippen molar-refractivity contribution >= 4 is 24.0 Å². The number of carbonyl (C=O) groups excluding carboxylic acids is 1. The zero-order valence-electron chi connectivity index (χ0n) is 14.3. The summed E-state index contributed by atoms with van der Waals surface area (Å²) in [7, 11) is 0. The van der Waals surface area contributed by atoms with Gasteiger partial charge in [0.05, 0.1) is 17.7 Å². The minimum absolute atomic E-state index is 0.142. The largest absolute Gasteiger partial charge is 0.442 e. The average Bonchev–Trinajstić information content (AvgIpc) is 3.23. The summed E-state index contributed by atoms with van der Waals surface area (Å²) in [4.78, 5) is 23.6. The number of benzene rings is 1. The average molecular weight is 336 g/mol. The highest BCUT2D eigenvalue weighted by molar-refractivity contribution is 6.17. The van der Waals surface area contributed by atoms with Gasteiger partial charge < -0.3 is 14.6 Å². The molecule has 0 saturated carbocycles. The van der Waals surface area contributed by atoms with Crippen molar-refractivity contribution in [2.75, 3.05) is 19.6 Å². The number of nitrogens with one attached hydrogen (secondary N) is 1. The normalized spacial score (nSPS) is 16.2. The van der Waals surface area contributed by atoms with Crippen LogP contribution in [0.25, 0.3) is 0 Å². The van der Waals surface area contributed by atoms with Gasteiger partial charge in [0.2, 0.25) is 5.88 Å². The molecule has 4 rings (SSSR count). The molecule has 2 aliphatic rings. The highest BCUT2D eigenvalue weighted by Gasteiger charge is 2.33. The van der Waals surface area contributed by atoms with Crippen LogP contribution in [-0.4, -0.2) is 42.6 Å². The predicted molar refractivity (Wildman–Crippen MR) is 96.9 cm³/mol. The van der Waals surface area contributed by atoms with E-state index >= 15 is 0 Å². The van der Waals surface area contributed by atoms with Crippen molar-refractivity contribution in [3.63, 3.8) is 0 Å². The van der Waals surface area contributed by atoms with Gasteiger partial charge in [-0.15, -0.1) is 0 Å². The lowest BCUT2D eigenvalue weighted by Crippen LogP contribution is -2.33. The number of aryl methyl sites for hydroxylation is 1. The second kappa shape index (κ2) is 6.20. The molecule has 128 valence electrons. The lowest BCUT2D eigenvalue weighted by Gasteiger charge is -2.18. The monoisotopic (exact) mass is 336 g/mol. The van der Waals surface area contributed by atoms with Crippen molar-refractivity contribution in [3.8, 4) is 0 Å². The second-order valence-corrected chi connectivity index (χ2v) is 6.38. The minimum Gasteiger partial charge on any atom is -0.442 e. The first-order valence-electron chi connectivity index (χ1n) is 8.47. The maximum Gasteiger partial charge on any atom is 0.255 e.